The van der Waals surface area contributed by atoms with Crippen molar-refractivity contribution in [1.29, 1.82) is 0 Å². The molecule has 1 aromatic heterocycles. The highest BCUT2D eigenvalue weighted by atomic mass is 35.5. The molecule has 11 heteroatoms. The summed E-state index contributed by atoms with van der Waals surface area (Å²) in [5.41, 5.74) is 0. The highest BCUT2D eigenvalue weighted by Crippen LogP contribution is 2.38. The topological polar surface area (TPSA) is 93.6 Å². The van der Waals surface area contributed by atoms with E-state index in [4.69, 9.17) is 16.3 Å². The summed E-state index contributed by atoms with van der Waals surface area (Å²) >= 11 is 6.76. The molecule has 0 amide bonds. The maximum atomic E-state index is 13.2. The van der Waals surface area contributed by atoms with Crippen LogP contribution in [-0.4, -0.2) is 52.9 Å². The van der Waals surface area contributed by atoms with E-state index in [-0.39, 0.29) is 32.2 Å². The lowest BCUT2D eigenvalue weighted by atomic mass is 10.2. The van der Waals surface area contributed by atoms with Gasteiger partial charge in [-0.3, -0.25) is 0 Å². The van der Waals surface area contributed by atoms with Crippen molar-refractivity contribution in [2.24, 2.45) is 0 Å². The van der Waals surface area contributed by atoms with Gasteiger partial charge in [0.05, 0.1) is 22.9 Å². The minimum absolute atomic E-state index is 0.0123. The molecule has 0 bridgehead atoms. The molecule has 1 saturated heterocycles. The average Bonchev–Trinajstić information content (AvgIpc) is 3.08. The molecule has 154 valence electrons. The van der Waals surface area contributed by atoms with Crippen LogP contribution >= 0.6 is 22.9 Å². The fourth-order valence-electron chi connectivity index (χ4n) is 2.98. The molecule has 2 atom stereocenters. The molecule has 0 saturated carbocycles. The van der Waals surface area contributed by atoms with Crippen LogP contribution < -0.4 is 4.90 Å². The molecule has 1 aromatic carbocycles. The molecule has 0 aliphatic carbocycles. The number of thiazole rings is 1. The Balaban J connectivity index is 2.17. The molecule has 0 N–H and O–H groups in total. The first-order chi connectivity index (χ1) is 13.0. The third-order valence-corrected chi connectivity index (χ3v) is 9.66. The first-order valence-corrected chi connectivity index (χ1v) is 13.0. The number of sulfone groups is 2. The molecule has 28 heavy (non-hydrogen) atoms. The van der Waals surface area contributed by atoms with Crippen LogP contribution in [-0.2, 0) is 24.4 Å². The summed E-state index contributed by atoms with van der Waals surface area (Å²) in [6, 6.07) is 5.73. The van der Waals surface area contributed by atoms with Crippen LogP contribution in [0.15, 0.2) is 38.5 Å². The maximum absolute atomic E-state index is 13.2. The van der Waals surface area contributed by atoms with Crippen molar-refractivity contribution in [1.82, 2.24) is 4.98 Å². The van der Waals surface area contributed by atoms with E-state index in [1.165, 1.54) is 31.2 Å². The predicted octanol–water partition coefficient (Wildman–Crippen LogP) is 3.04. The van der Waals surface area contributed by atoms with Gasteiger partial charge < -0.3 is 9.64 Å². The van der Waals surface area contributed by atoms with Gasteiger partial charge in [-0.1, -0.05) is 29.9 Å². The van der Waals surface area contributed by atoms with Crippen molar-refractivity contribution in [3.8, 4) is 0 Å². The average molecular weight is 465 g/mol. The summed E-state index contributed by atoms with van der Waals surface area (Å²) in [5.74, 6) is -0.156. The standard InChI is InChI=1S/C17H21ClN2O5S3/c1-4-27(21,22)17-19-15(28(23,24)14-7-5-13(18)6-8-14)16(26-17)20-9-11(2)25-12(3)10-20/h5-8,11-12H,4,9-10H2,1-3H3/t11-,12+. The highest BCUT2D eigenvalue weighted by Gasteiger charge is 2.34. The van der Waals surface area contributed by atoms with Crippen LogP contribution in [0.2, 0.25) is 5.02 Å². The molecular formula is C17H21ClN2O5S3. The molecule has 0 radical (unpaired) electrons. The lowest BCUT2D eigenvalue weighted by Gasteiger charge is -2.36. The van der Waals surface area contributed by atoms with Gasteiger partial charge in [-0.25, -0.2) is 21.8 Å². The molecule has 0 unspecified atom stereocenters. The number of aromatic nitrogens is 1. The lowest BCUT2D eigenvalue weighted by molar-refractivity contribution is -0.00517. The molecule has 1 aliphatic heterocycles. The Bertz CT molecular complexity index is 1050. The van der Waals surface area contributed by atoms with Gasteiger partial charge in [0.1, 0.15) is 5.00 Å². The van der Waals surface area contributed by atoms with Crippen LogP contribution in [0.25, 0.3) is 0 Å². The Morgan fingerprint density at radius 1 is 1.14 bits per heavy atom. The quantitative estimate of drug-likeness (QED) is 0.671. The van der Waals surface area contributed by atoms with Gasteiger partial charge in [-0.2, -0.15) is 0 Å². The van der Waals surface area contributed by atoms with E-state index in [2.05, 4.69) is 4.98 Å². The van der Waals surface area contributed by atoms with Crippen molar-refractivity contribution in [2.45, 2.75) is 47.2 Å². The number of anilines is 1. The van der Waals surface area contributed by atoms with E-state index in [1.54, 1.807) is 0 Å². The molecule has 2 aromatic rings. The zero-order valence-corrected chi connectivity index (χ0v) is 18.8. The summed E-state index contributed by atoms with van der Waals surface area (Å²) in [5, 5.41) is 0.486. The SMILES string of the molecule is CCS(=O)(=O)c1nc(S(=O)(=O)c2ccc(Cl)cc2)c(N2C[C@@H](C)O[C@@H](C)C2)s1. The van der Waals surface area contributed by atoms with Crippen molar-refractivity contribution < 1.29 is 21.6 Å². The monoisotopic (exact) mass is 464 g/mol. The first-order valence-electron chi connectivity index (χ1n) is 8.69. The number of halogens is 1. The third kappa shape index (κ3) is 4.20. The van der Waals surface area contributed by atoms with Gasteiger partial charge in [0.25, 0.3) is 0 Å². The fraction of sp³-hybridized carbons (Fsp3) is 0.471. The van der Waals surface area contributed by atoms with Gasteiger partial charge in [0, 0.05) is 18.1 Å². The normalized spacial score (nSPS) is 21.1. The first kappa shape index (κ1) is 21.5. The summed E-state index contributed by atoms with van der Waals surface area (Å²) in [6.07, 6.45) is -0.244. The molecule has 7 nitrogen and oxygen atoms in total. The van der Waals surface area contributed by atoms with E-state index in [1.807, 2.05) is 18.7 Å². The number of rotatable bonds is 5. The number of hydrogen-bond donors (Lipinski definition) is 0. The van der Waals surface area contributed by atoms with Crippen LogP contribution in [0.3, 0.4) is 0 Å². The van der Waals surface area contributed by atoms with E-state index < -0.39 is 19.7 Å². The number of hydrogen-bond acceptors (Lipinski definition) is 8. The highest BCUT2D eigenvalue weighted by molar-refractivity contribution is 7.94. The van der Waals surface area contributed by atoms with Crippen LogP contribution in [0.4, 0.5) is 5.00 Å². The Morgan fingerprint density at radius 3 is 2.25 bits per heavy atom. The van der Waals surface area contributed by atoms with Gasteiger partial charge in [-0.05, 0) is 38.1 Å². The minimum atomic E-state index is -4.02. The smallest absolute Gasteiger partial charge is 0.226 e. The van der Waals surface area contributed by atoms with Gasteiger partial charge >= 0.3 is 0 Å². The number of ether oxygens (including phenoxy) is 1. The minimum Gasteiger partial charge on any atom is -0.372 e. The van der Waals surface area contributed by atoms with Crippen molar-refractivity contribution >= 4 is 47.6 Å². The van der Waals surface area contributed by atoms with Crippen molar-refractivity contribution in [2.75, 3.05) is 23.7 Å². The van der Waals surface area contributed by atoms with Gasteiger partial charge in [-0.15, -0.1) is 0 Å². The molecule has 2 heterocycles. The van der Waals surface area contributed by atoms with Gasteiger partial charge in [0.15, 0.2) is 5.03 Å². The van der Waals surface area contributed by atoms with Crippen LogP contribution in [0.5, 0.6) is 0 Å². The zero-order valence-electron chi connectivity index (χ0n) is 15.6. The van der Waals surface area contributed by atoms with E-state index >= 15 is 0 Å². The van der Waals surface area contributed by atoms with Crippen LogP contribution in [0.1, 0.15) is 20.8 Å². The molecular weight excluding hydrogens is 444 g/mol. The van der Waals surface area contributed by atoms with Crippen molar-refractivity contribution in [3.05, 3.63) is 29.3 Å². The molecule has 1 aliphatic rings. The largest absolute Gasteiger partial charge is 0.372 e. The predicted molar refractivity (Wildman–Crippen MR) is 109 cm³/mol. The molecule has 1 fully saturated rings. The Kier molecular flexibility index (Phi) is 6.07. The van der Waals surface area contributed by atoms with Crippen LogP contribution in [0, 0.1) is 0 Å². The molecule has 0 spiro atoms. The Morgan fingerprint density at radius 2 is 1.71 bits per heavy atom. The lowest BCUT2D eigenvalue weighted by Crippen LogP contribution is -2.45. The van der Waals surface area contributed by atoms with E-state index in [9.17, 15) is 16.8 Å². The Hall–Kier alpha value is -1.20. The number of morpholine rings is 1. The second-order valence-electron chi connectivity index (χ2n) is 6.61. The van der Waals surface area contributed by atoms with Gasteiger partial charge in [0.2, 0.25) is 24.0 Å². The van der Waals surface area contributed by atoms with E-state index in [0.717, 1.165) is 11.3 Å². The zero-order chi connectivity index (χ0) is 20.7. The summed E-state index contributed by atoms with van der Waals surface area (Å²) < 4.78 is 56.8. The van der Waals surface area contributed by atoms with Crippen molar-refractivity contribution in [3.63, 3.8) is 0 Å². The second kappa shape index (κ2) is 7.91. The summed E-state index contributed by atoms with van der Waals surface area (Å²) in [7, 11) is -7.68. The summed E-state index contributed by atoms with van der Waals surface area (Å²) in [4.78, 5) is 5.93. The molecule has 3 rings (SSSR count). The fourth-order valence-corrected chi connectivity index (χ4v) is 7.25. The number of nitrogens with zero attached hydrogens (tertiary/aromatic N) is 2. The Labute approximate surface area is 174 Å². The number of benzene rings is 1. The second-order valence-corrected chi connectivity index (χ2v) is 12.3. The van der Waals surface area contributed by atoms with E-state index in [0.29, 0.717) is 23.1 Å². The third-order valence-electron chi connectivity index (χ3n) is 4.29. The summed E-state index contributed by atoms with van der Waals surface area (Å²) in [6.45, 7) is 6.17. The maximum Gasteiger partial charge on any atom is 0.226 e.